The summed E-state index contributed by atoms with van der Waals surface area (Å²) in [5.41, 5.74) is 3.39. The van der Waals surface area contributed by atoms with Crippen molar-refractivity contribution in [2.45, 2.75) is 45.6 Å². The van der Waals surface area contributed by atoms with E-state index in [1.807, 2.05) is 67.3 Å². The molecule has 1 N–H and O–H groups in total. The van der Waals surface area contributed by atoms with Gasteiger partial charge in [0, 0.05) is 25.6 Å². The standard InChI is InChI=1S/C24H30N2O3/c1-18-7-6-10-22(19(18)2)29-17-24(28)26-15-13-21(14-16-26)25-23(27)12-11-20-8-4-3-5-9-20/h3-10,21H,11-17H2,1-2H3,(H,25,27). The van der Waals surface area contributed by atoms with Gasteiger partial charge in [-0.25, -0.2) is 0 Å². The van der Waals surface area contributed by atoms with Crippen molar-refractivity contribution in [3.63, 3.8) is 0 Å². The number of aryl methyl sites for hydroxylation is 2. The van der Waals surface area contributed by atoms with E-state index in [2.05, 4.69) is 5.32 Å². The molecule has 2 amide bonds. The predicted octanol–water partition coefficient (Wildman–Crippen LogP) is 3.42. The Morgan fingerprint density at radius 1 is 1.03 bits per heavy atom. The number of piperidine rings is 1. The van der Waals surface area contributed by atoms with E-state index in [1.165, 1.54) is 5.56 Å². The first kappa shape index (κ1) is 20.9. The molecule has 1 saturated heterocycles. The van der Waals surface area contributed by atoms with Crippen molar-refractivity contribution in [2.75, 3.05) is 19.7 Å². The van der Waals surface area contributed by atoms with Crippen LogP contribution in [0, 0.1) is 13.8 Å². The Kier molecular flexibility index (Phi) is 7.28. The molecular weight excluding hydrogens is 364 g/mol. The molecule has 0 atom stereocenters. The van der Waals surface area contributed by atoms with Crippen LogP contribution in [0.1, 0.15) is 36.0 Å². The van der Waals surface area contributed by atoms with Crippen molar-refractivity contribution >= 4 is 11.8 Å². The normalized spacial score (nSPS) is 14.5. The van der Waals surface area contributed by atoms with E-state index >= 15 is 0 Å². The van der Waals surface area contributed by atoms with E-state index in [1.54, 1.807) is 0 Å². The number of likely N-dealkylation sites (tertiary alicyclic amines) is 1. The monoisotopic (exact) mass is 394 g/mol. The van der Waals surface area contributed by atoms with Gasteiger partial charge in [0.1, 0.15) is 5.75 Å². The summed E-state index contributed by atoms with van der Waals surface area (Å²) in [6.45, 7) is 5.39. The summed E-state index contributed by atoms with van der Waals surface area (Å²) in [7, 11) is 0. The zero-order valence-electron chi connectivity index (χ0n) is 17.3. The lowest BCUT2D eigenvalue weighted by Crippen LogP contribution is -2.47. The third-order valence-corrected chi connectivity index (χ3v) is 5.60. The second-order valence-electron chi connectivity index (χ2n) is 7.69. The van der Waals surface area contributed by atoms with Crippen molar-refractivity contribution in [3.8, 4) is 5.75 Å². The fraction of sp³-hybridized carbons (Fsp3) is 0.417. The van der Waals surface area contributed by atoms with Crippen molar-refractivity contribution in [1.82, 2.24) is 10.2 Å². The highest BCUT2D eigenvalue weighted by atomic mass is 16.5. The number of carbonyl (C=O) groups is 2. The van der Waals surface area contributed by atoms with Gasteiger partial charge in [0.2, 0.25) is 5.91 Å². The zero-order chi connectivity index (χ0) is 20.6. The van der Waals surface area contributed by atoms with Crippen LogP contribution in [0.15, 0.2) is 48.5 Å². The van der Waals surface area contributed by atoms with Gasteiger partial charge in [-0.05, 0) is 55.9 Å². The summed E-state index contributed by atoms with van der Waals surface area (Å²) in [6, 6.07) is 16.0. The van der Waals surface area contributed by atoms with Gasteiger partial charge in [-0.3, -0.25) is 9.59 Å². The minimum atomic E-state index is -0.000222. The fourth-order valence-electron chi connectivity index (χ4n) is 3.59. The number of carbonyl (C=O) groups excluding carboxylic acids is 2. The number of hydrogen-bond acceptors (Lipinski definition) is 3. The molecule has 1 heterocycles. The van der Waals surface area contributed by atoms with Crippen molar-refractivity contribution < 1.29 is 14.3 Å². The van der Waals surface area contributed by atoms with Crippen LogP contribution in [-0.4, -0.2) is 42.5 Å². The minimum absolute atomic E-state index is 0.000222. The van der Waals surface area contributed by atoms with E-state index in [0.717, 1.165) is 36.1 Å². The molecule has 0 spiro atoms. The molecule has 2 aromatic rings. The van der Waals surface area contributed by atoms with Gasteiger partial charge in [-0.1, -0.05) is 42.5 Å². The van der Waals surface area contributed by atoms with Crippen LogP contribution < -0.4 is 10.1 Å². The lowest BCUT2D eigenvalue weighted by molar-refractivity contribution is -0.134. The average Bonchev–Trinajstić information content (AvgIpc) is 2.74. The number of ether oxygens (including phenoxy) is 1. The number of hydrogen-bond donors (Lipinski definition) is 1. The Morgan fingerprint density at radius 2 is 1.76 bits per heavy atom. The minimum Gasteiger partial charge on any atom is -0.483 e. The molecule has 0 saturated carbocycles. The Balaban J connectivity index is 1.37. The molecule has 5 nitrogen and oxygen atoms in total. The lowest BCUT2D eigenvalue weighted by Gasteiger charge is -2.32. The lowest BCUT2D eigenvalue weighted by atomic mass is 10.0. The Bertz CT molecular complexity index is 827. The highest BCUT2D eigenvalue weighted by molar-refractivity contribution is 5.78. The van der Waals surface area contributed by atoms with Gasteiger partial charge < -0.3 is 15.0 Å². The number of amides is 2. The van der Waals surface area contributed by atoms with E-state index in [4.69, 9.17) is 4.74 Å². The number of nitrogens with one attached hydrogen (secondary N) is 1. The molecule has 0 radical (unpaired) electrons. The summed E-state index contributed by atoms with van der Waals surface area (Å²) < 4.78 is 5.74. The molecule has 2 aromatic carbocycles. The van der Waals surface area contributed by atoms with E-state index < -0.39 is 0 Å². The number of nitrogens with zero attached hydrogens (tertiary/aromatic N) is 1. The summed E-state index contributed by atoms with van der Waals surface area (Å²) in [5, 5.41) is 3.11. The van der Waals surface area contributed by atoms with Gasteiger partial charge in [-0.2, -0.15) is 0 Å². The van der Waals surface area contributed by atoms with Crippen molar-refractivity contribution in [3.05, 3.63) is 65.2 Å². The highest BCUT2D eigenvalue weighted by Gasteiger charge is 2.24. The summed E-state index contributed by atoms with van der Waals surface area (Å²) in [5.74, 6) is 0.843. The molecule has 1 fully saturated rings. The third-order valence-electron chi connectivity index (χ3n) is 5.60. The van der Waals surface area contributed by atoms with Crippen LogP contribution in [0.5, 0.6) is 5.75 Å². The molecule has 29 heavy (non-hydrogen) atoms. The Morgan fingerprint density at radius 3 is 2.48 bits per heavy atom. The van der Waals surface area contributed by atoms with Gasteiger partial charge in [-0.15, -0.1) is 0 Å². The third kappa shape index (κ3) is 6.08. The summed E-state index contributed by atoms with van der Waals surface area (Å²) in [4.78, 5) is 26.5. The molecule has 3 rings (SSSR count). The quantitative estimate of drug-likeness (QED) is 0.783. The van der Waals surface area contributed by atoms with Crippen LogP contribution in [0.25, 0.3) is 0 Å². The van der Waals surface area contributed by atoms with Gasteiger partial charge in [0.25, 0.3) is 5.91 Å². The zero-order valence-corrected chi connectivity index (χ0v) is 17.3. The Hall–Kier alpha value is -2.82. The number of benzene rings is 2. The van der Waals surface area contributed by atoms with Gasteiger partial charge >= 0.3 is 0 Å². The smallest absolute Gasteiger partial charge is 0.260 e. The average molecular weight is 395 g/mol. The fourth-order valence-corrected chi connectivity index (χ4v) is 3.59. The predicted molar refractivity (Wildman–Crippen MR) is 114 cm³/mol. The van der Waals surface area contributed by atoms with Crippen LogP contribution in [0.3, 0.4) is 0 Å². The van der Waals surface area contributed by atoms with Crippen LogP contribution in [-0.2, 0) is 16.0 Å². The van der Waals surface area contributed by atoms with Crippen molar-refractivity contribution in [2.24, 2.45) is 0 Å². The molecule has 1 aliphatic rings. The topological polar surface area (TPSA) is 58.6 Å². The second kappa shape index (κ2) is 10.1. The van der Waals surface area contributed by atoms with Crippen LogP contribution in [0.2, 0.25) is 0 Å². The van der Waals surface area contributed by atoms with Crippen LogP contribution >= 0.6 is 0 Å². The highest BCUT2D eigenvalue weighted by Crippen LogP contribution is 2.21. The molecule has 1 aliphatic heterocycles. The van der Waals surface area contributed by atoms with Crippen LogP contribution in [0.4, 0.5) is 0 Å². The first-order valence-corrected chi connectivity index (χ1v) is 10.3. The first-order chi connectivity index (χ1) is 14.0. The molecular formula is C24H30N2O3. The molecule has 0 unspecified atom stereocenters. The summed E-state index contributed by atoms with van der Waals surface area (Å²) in [6.07, 6.45) is 2.81. The molecule has 154 valence electrons. The maximum absolute atomic E-state index is 12.5. The Labute approximate surface area is 173 Å². The van der Waals surface area contributed by atoms with E-state index in [-0.39, 0.29) is 24.5 Å². The van der Waals surface area contributed by atoms with Gasteiger partial charge in [0.05, 0.1) is 0 Å². The van der Waals surface area contributed by atoms with Crippen molar-refractivity contribution in [1.29, 1.82) is 0 Å². The maximum Gasteiger partial charge on any atom is 0.260 e. The first-order valence-electron chi connectivity index (χ1n) is 10.3. The molecule has 0 aromatic heterocycles. The van der Waals surface area contributed by atoms with Gasteiger partial charge in [0.15, 0.2) is 6.61 Å². The molecule has 0 aliphatic carbocycles. The number of rotatable bonds is 7. The van der Waals surface area contributed by atoms with E-state index in [9.17, 15) is 9.59 Å². The molecule has 0 bridgehead atoms. The molecule has 5 heteroatoms. The SMILES string of the molecule is Cc1cccc(OCC(=O)N2CCC(NC(=O)CCc3ccccc3)CC2)c1C. The summed E-state index contributed by atoms with van der Waals surface area (Å²) >= 11 is 0. The second-order valence-corrected chi connectivity index (χ2v) is 7.69. The maximum atomic E-state index is 12.5. The van der Waals surface area contributed by atoms with E-state index in [0.29, 0.717) is 19.5 Å². The largest absolute Gasteiger partial charge is 0.483 e.